The number of anilines is 2. The largest absolute Gasteiger partial charge is 0.464 e. The number of rotatable bonds is 8. The van der Waals surface area contributed by atoms with Crippen LogP contribution in [-0.2, 0) is 11.3 Å². The van der Waals surface area contributed by atoms with Crippen molar-refractivity contribution >= 4 is 52.2 Å². The van der Waals surface area contributed by atoms with Crippen LogP contribution in [0.1, 0.15) is 48.8 Å². The first kappa shape index (κ1) is 25.9. The molecule has 190 valence electrons. The molecular weight excluding hydrogens is 514 g/mol. The lowest BCUT2D eigenvalue weighted by molar-refractivity contribution is -0.123. The SMILES string of the molecule is Cc1ccc(C(C(=O)NCc2ccccc2)N(C(=O)c2snc(C(N)=O)c2N)c2ccc(C)c(Cl)c2)o1. The first-order valence-corrected chi connectivity index (χ1v) is 12.3. The number of hydrogen-bond acceptors (Lipinski definition) is 7. The van der Waals surface area contributed by atoms with Crippen molar-refractivity contribution in [1.29, 1.82) is 0 Å². The number of aromatic nitrogens is 1. The lowest BCUT2D eigenvalue weighted by atomic mass is 10.1. The summed E-state index contributed by atoms with van der Waals surface area (Å²) < 4.78 is 9.78. The first-order valence-electron chi connectivity index (χ1n) is 11.2. The molecule has 0 spiro atoms. The number of halogens is 1. The van der Waals surface area contributed by atoms with E-state index in [0.29, 0.717) is 16.5 Å². The number of aryl methyl sites for hydroxylation is 2. The summed E-state index contributed by atoms with van der Waals surface area (Å²) in [4.78, 5) is 40.6. The number of benzene rings is 2. The zero-order chi connectivity index (χ0) is 26.7. The van der Waals surface area contributed by atoms with Crippen molar-refractivity contribution in [2.24, 2.45) is 5.73 Å². The maximum atomic E-state index is 14.0. The van der Waals surface area contributed by atoms with E-state index in [9.17, 15) is 14.4 Å². The molecule has 0 fully saturated rings. The monoisotopic (exact) mass is 537 g/mol. The number of nitrogen functional groups attached to an aromatic ring is 1. The fourth-order valence-corrected chi connectivity index (χ4v) is 4.63. The molecule has 2 aromatic heterocycles. The van der Waals surface area contributed by atoms with Gasteiger partial charge in [-0.15, -0.1) is 0 Å². The molecule has 4 rings (SSSR count). The number of furan rings is 1. The number of nitrogens with one attached hydrogen (secondary N) is 1. The van der Waals surface area contributed by atoms with Gasteiger partial charge in [0, 0.05) is 17.3 Å². The number of carbonyl (C=O) groups is 3. The van der Waals surface area contributed by atoms with Gasteiger partial charge in [-0.3, -0.25) is 19.3 Å². The first-order chi connectivity index (χ1) is 17.7. The third kappa shape index (κ3) is 5.50. The lowest BCUT2D eigenvalue weighted by Gasteiger charge is -2.30. The Morgan fingerprint density at radius 3 is 2.43 bits per heavy atom. The van der Waals surface area contributed by atoms with E-state index in [1.54, 1.807) is 37.3 Å². The van der Waals surface area contributed by atoms with E-state index in [2.05, 4.69) is 9.69 Å². The average Bonchev–Trinajstić information content (AvgIpc) is 3.48. The molecule has 0 bridgehead atoms. The second kappa shape index (κ2) is 10.9. The summed E-state index contributed by atoms with van der Waals surface area (Å²) in [7, 11) is 0. The number of primary amides is 1. The highest BCUT2D eigenvalue weighted by Gasteiger charge is 2.38. The minimum Gasteiger partial charge on any atom is -0.464 e. The van der Waals surface area contributed by atoms with E-state index in [-0.39, 0.29) is 28.6 Å². The standard InChI is InChI=1S/C26H24ClN5O4S/c1-14-8-10-17(12-18(14)27)32(26(35)23-20(28)21(24(29)33)31-37-23)22(19-11-9-15(2)36-19)25(34)30-13-16-6-4-3-5-7-16/h3-12,22H,13,28H2,1-2H3,(H2,29,33)(H,30,34). The van der Waals surface area contributed by atoms with Crippen LogP contribution in [0.2, 0.25) is 5.02 Å². The van der Waals surface area contributed by atoms with Crippen molar-refractivity contribution in [1.82, 2.24) is 9.69 Å². The maximum Gasteiger partial charge on any atom is 0.273 e. The summed E-state index contributed by atoms with van der Waals surface area (Å²) in [6.45, 7) is 3.78. The smallest absolute Gasteiger partial charge is 0.273 e. The van der Waals surface area contributed by atoms with Gasteiger partial charge in [0.05, 0.1) is 5.69 Å². The second-order valence-electron chi connectivity index (χ2n) is 8.30. The molecule has 0 saturated carbocycles. The van der Waals surface area contributed by atoms with Crippen molar-refractivity contribution in [3.63, 3.8) is 0 Å². The van der Waals surface area contributed by atoms with Gasteiger partial charge in [-0.2, -0.15) is 4.37 Å². The minimum absolute atomic E-state index is 0.0466. The van der Waals surface area contributed by atoms with E-state index in [1.807, 2.05) is 37.3 Å². The Hall–Kier alpha value is -4.15. The highest BCUT2D eigenvalue weighted by Crippen LogP contribution is 2.35. The molecule has 5 N–H and O–H groups in total. The Labute approximate surface area is 222 Å². The number of amides is 3. The molecule has 2 heterocycles. The van der Waals surface area contributed by atoms with E-state index in [4.69, 9.17) is 27.5 Å². The van der Waals surface area contributed by atoms with Gasteiger partial charge in [0.15, 0.2) is 11.7 Å². The van der Waals surface area contributed by atoms with Crippen LogP contribution in [-0.4, -0.2) is 22.1 Å². The highest BCUT2D eigenvalue weighted by atomic mass is 35.5. The van der Waals surface area contributed by atoms with Crippen LogP contribution in [0.25, 0.3) is 0 Å². The zero-order valence-electron chi connectivity index (χ0n) is 20.0. The third-order valence-electron chi connectivity index (χ3n) is 5.65. The second-order valence-corrected chi connectivity index (χ2v) is 9.48. The van der Waals surface area contributed by atoms with Crippen LogP contribution in [0, 0.1) is 13.8 Å². The van der Waals surface area contributed by atoms with Crippen LogP contribution in [0.5, 0.6) is 0 Å². The summed E-state index contributed by atoms with van der Waals surface area (Å²) in [6, 6.07) is 16.4. The molecule has 0 saturated heterocycles. The molecule has 1 atom stereocenters. The Kier molecular flexibility index (Phi) is 7.61. The van der Waals surface area contributed by atoms with Gasteiger partial charge in [-0.05, 0) is 60.8 Å². The van der Waals surface area contributed by atoms with Crippen LogP contribution >= 0.6 is 23.1 Å². The molecule has 9 nitrogen and oxygen atoms in total. The molecule has 4 aromatic rings. The normalized spacial score (nSPS) is 11.6. The predicted molar refractivity (Wildman–Crippen MR) is 143 cm³/mol. The number of nitrogens with zero attached hydrogens (tertiary/aromatic N) is 2. The average molecular weight is 538 g/mol. The van der Waals surface area contributed by atoms with Gasteiger partial charge in [0.1, 0.15) is 16.4 Å². The van der Waals surface area contributed by atoms with Crippen LogP contribution < -0.4 is 21.7 Å². The van der Waals surface area contributed by atoms with Gasteiger partial charge in [0.2, 0.25) is 0 Å². The van der Waals surface area contributed by atoms with Gasteiger partial charge >= 0.3 is 0 Å². The molecule has 1 unspecified atom stereocenters. The Morgan fingerprint density at radius 2 is 1.84 bits per heavy atom. The zero-order valence-corrected chi connectivity index (χ0v) is 21.6. The Bertz CT molecular complexity index is 1470. The fraction of sp³-hybridized carbons (Fsp3) is 0.154. The molecule has 0 radical (unpaired) electrons. The van der Waals surface area contributed by atoms with Crippen molar-refractivity contribution in [3.05, 3.63) is 98.9 Å². The Balaban J connectivity index is 1.83. The summed E-state index contributed by atoms with van der Waals surface area (Å²) in [5.41, 5.74) is 13.0. The number of hydrogen-bond donors (Lipinski definition) is 3. The number of nitrogens with two attached hydrogens (primary N) is 2. The van der Waals surface area contributed by atoms with Crippen molar-refractivity contribution in [2.45, 2.75) is 26.4 Å². The van der Waals surface area contributed by atoms with E-state index in [0.717, 1.165) is 22.7 Å². The van der Waals surface area contributed by atoms with Crippen molar-refractivity contribution in [3.8, 4) is 0 Å². The van der Waals surface area contributed by atoms with E-state index < -0.39 is 23.8 Å². The topological polar surface area (TPSA) is 145 Å². The maximum absolute atomic E-state index is 14.0. The molecular formula is C26H24ClN5O4S. The van der Waals surface area contributed by atoms with Crippen LogP contribution in [0.15, 0.2) is 65.1 Å². The third-order valence-corrected chi connectivity index (χ3v) is 6.91. The molecule has 3 amide bonds. The molecule has 0 aliphatic rings. The van der Waals surface area contributed by atoms with Gasteiger partial charge in [0.25, 0.3) is 17.7 Å². The van der Waals surface area contributed by atoms with Gasteiger partial charge < -0.3 is 21.2 Å². The molecule has 0 aliphatic heterocycles. The van der Waals surface area contributed by atoms with E-state index in [1.165, 1.54) is 4.90 Å². The van der Waals surface area contributed by atoms with Gasteiger partial charge in [-0.25, -0.2) is 0 Å². The molecule has 0 aliphatic carbocycles. The fourth-order valence-electron chi connectivity index (χ4n) is 3.71. The summed E-state index contributed by atoms with van der Waals surface area (Å²) >= 11 is 7.12. The summed E-state index contributed by atoms with van der Waals surface area (Å²) in [5, 5.41) is 3.28. The minimum atomic E-state index is -1.23. The Morgan fingerprint density at radius 1 is 1.11 bits per heavy atom. The highest BCUT2D eigenvalue weighted by molar-refractivity contribution is 7.09. The molecule has 11 heteroatoms. The summed E-state index contributed by atoms with van der Waals surface area (Å²) in [5.74, 6) is -1.25. The lowest BCUT2D eigenvalue weighted by Crippen LogP contribution is -2.43. The molecule has 2 aromatic carbocycles. The van der Waals surface area contributed by atoms with Crippen molar-refractivity contribution < 1.29 is 18.8 Å². The van der Waals surface area contributed by atoms with E-state index >= 15 is 0 Å². The van der Waals surface area contributed by atoms with Gasteiger partial charge in [-0.1, -0.05) is 48.0 Å². The van der Waals surface area contributed by atoms with Crippen molar-refractivity contribution in [2.75, 3.05) is 10.6 Å². The summed E-state index contributed by atoms with van der Waals surface area (Å²) in [6.07, 6.45) is 0. The van der Waals surface area contributed by atoms with Crippen LogP contribution in [0.3, 0.4) is 0 Å². The van der Waals surface area contributed by atoms with Crippen LogP contribution in [0.4, 0.5) is 11.4 Å². The predicted octanol–water partition coefficient (Wildman–Crippen LogP) is 4.39. The molecule has 37 heavy (non-hydrogen) atoms. The quantitative estimate of drug-likeness (QED) is 0.304. The number of carbonyl (C=O) groups excluding carboxylic acids is 3.